The van der Waals surface area contributed by atoms with Gasteiger partial charge in [-0.15, -0.1) is 0 Å². The van der Waals surface area contributed by atoms with E-state index in [2.05, 4.69) is 0 Å². The molecule has 0 amide bonds. The molecule has 0 unspecified atom stereocenters. The summed E-state index contributed by atoms with van der Waals surface area (Å²) in [5, 5.41) is 9.59. The Morgan fingerprint density at radius 1 is 0.677 bits per heavy atom. The van der Waals surface area contributed by atoms with Crippen molar-refractivity contribution in [2.45, 2.75) is 12.8 Å². The third kappa shape index (κ3) is 5.08. The summed E-state index contributed by atoms with van der Waals surface area (Å²) in [6.07, 6.45) is 1.13. The van der Waals surface area contributed by atoms with Gasteiger partial charge in [0.2, 0.25) is 5.95 Å². The van der Waals surface area contributed by atoms with Gasteiger partial charge in [0.15, 0.2) is 0 Å². The highest BCUT2D eigenvalue weighted by atomic mass is 16.3. The van der Waals surface area contributed by atoms with Crippen LogP contribution in [0.3, 0.4) is 0 Å². The molecule has 4 rings (SSSR count). The highest BCUT2D eigenvalue weighted by molar-refractivity contribution is 5.57. The minimum Gasteiger partial charge on any atom is -0.508 e. The van der Waals surface area contributed by atoms with Gasteiger partial charge in [0.1, 0.15) is 17.4 Å². The van der Waals surface area contributed by atoms with Crippen LogP contribution in [0.5, 0.6) is 5.75 Å². The summed E-state index contributed by atoms with van der Waals surface area (Å²) < 4.78 is 0. The summed E-state index contributed by atoms with van der Waals surface area (Å²) in [5.74, 6) is 2.09. The molecule has 0 bridgehead atoms. The molecule has 4 aromatic rings. The van der Waals surface area contributed by atoms with Crippen LogP contribution in [0.1, 0.15) is 22.8 Å². The normalized spacial score (nSPS) is 10.7. The Labute approximate surface area is 181 Å². The highest BCUT2D eigenvalue weighted by Gasteiger charge is 2.13. The second-order valence-corrected chi connectivity index (χ2v) is 7.38. The molecule has 1 aromatic heterocycles. The molecule has 3 aromatic carbocycles. The van der Waals surface area contributed by atoms with E-state index in [0.717, 1.165) is 28.2 Å². The predicted octanol–water partition coefficient (Wildman–Crippen LogP) is 3.69. The van der Waals surface area contributed by atoms with E-state index >= 15 is 0 Å². The van der Waals surface area contributed by atoms with Gasteiger partial charge in [-0.1, -0.05) is 24.3 Å². The van der Waals surface area contributed by atoms with Crippen LogP contribution < -0.4 is 16.4 Å². The summed E-state index contributed by atoms with van der Waals surface area (Å²) in [5.41, 5.74) is 16.0. The number of anilines is 4. The monoisotopic (exact) mass is 412 g/mol. The maximum atomic E-state index is 9.59. The lowest BCUT2D eigenvalue weighted by atomic mass is 10.1. The van der Waals surface area contributed by atoms with Gasteiger partial charge < -0.3 is 21.5 Å². The first-order valence-electron chi connectivity index (χ1n) is 9.92. The molecule has 0 saturated heterocycles. The first-order chi connectivity index (χ1) is 15.0. The number of hydrogen-bond donors (Lipinski definition) is 3. The van der Waals surface area contributed by atoms with E-state index < -0.39 is 0 Å². The summed E-state index contributed by atoms with van der Waals surface area (Å²) in [6, 6.07) is 22.3. The number of aromatic hydroxyl groups is 1. The fourth-order valence-electron chi connectivity index (χ4n) is 3.19. The third-order valence-corrected chi connectivity index (χ3v) is 4.94. The van der Waals surface area contributed by atoms with Crippen molar-refractivity contribution in [3.05, 3.63) is 95.6 Å². The van der Waals surface area contributed by atoms with Gasteiger partial charge in [-0.05, 0) is 59.7 Å². The number of benzene rings is 3. The van der Waals surface area contributed by atoms with Crippen molar-refractivity contribution >= 4 is 23.0 Å². The van der Waals surface area contributed by atoms with Crippen molar-refractivity contribution in [1.29, 1.82) is 0 Å². The van der Waals surface area contributed by atoms with E-state index in [1.54, 1.807) is 12.1 Å². The molecular formula is C24H24N6O. The lowest BCUT2D eigenvalue weighted by Crippen LogP contribution is -2.17. The molecule has 0 aliphatic carbocycles. The van der Waals surface area contributed by atoms with Gasteiger partial charge in [-0.25, -0.2) is 4.98 Å². The lowest BCUT2D eigenvalue weighted by Gasteiger charge is -2.18. The average molecular weight is 412 g/mol. The first-order valence-corrected chi connectivity index (χ1v) is 9.92. The number of nitrogen functional groups attached to an aromatic ring is 2. The van der Waals surface area contributed by atoms with Gasteiger partial charge in [-0.2, -0.15) is 9.97 Å². The molecule has 0 fully saturated rings. The highest BCUT2D eigenvalue weighted by Crippen LogP contribution is 2.23. The topological polar surface area (TPSA) is 114 Å². The predicted molar refractivity (Wildman–Crippen MR) is 123 cm³/mol. The van der Waals surface area contributed by atoms with Crippen molar-refractivity contribution in [2.75, 3.05) is 23.4 Å². The molecule has 0 spiro atoms. The smallest absolute Gasteiger partial charge is 0.233 e. The van der Waals surface area contributed by atoms with E-state index in [0.29, 0.717) is 30.4 Å². The lowest BCUT2D eigenvalue weighted by molar-refractivity contribution is 0.475. The second kappa shape index (κ2) is 8.71. The molecular weight excluding hydrogens is 388 g/mol. The van der Waals surface area contributed by atoms with Crippen LogP contribution in [0, 0.1) is 0 Å². The van der Waals surface area contributed by atoms with E-state index in [1.165, 1.54) is 0 Å². The van der Waals surface area contributed by atoms with Crippen LogP contribution in [0.4, 0.5) is 23.0 Å². The fraction of sp³-hybridized carbons (Fsp3) is 0.125. The van der Waals surface area contributed by atoms with Gasteiger partial charge in [0, 0.05) is 37.0 Å². The zero-order valence-electron chi connectivity index (χ0n) is 17.2. The van der Waals surface area contributed by atoms with Crippen molar-refractivity contribution < 1.29 is 5.11 Å². The Kier molecular flexibility index (Phi) is 5.66. The van der Waals surface area contributed by atoms with Gasteiger partial charge in [0.05, 0.1) is 0 Å². The molecule has 0 aliphatic heterocycles. The number of nitrogens with zero attached hydrogens (tertiary/aromatic N) is 4. The Morgan fingerprint density at radius 3 is 1.58 bits per heavy atom. The van der Waals surface area contributed by atoms with Crippen LogP contribution >= 0.6 is 0 Å². The molecule has 156 valence electrons. The SMILES string of the molecule is CN(c1ccc(O)cc1)c1nc(Cc2ccc(N)cc2)nc(Cc2ccc(N)cc2)n1. The van der Waals surface area contributed by atoms with E-state index in [9.17, 15) is 5.11 Å². The van der Waals surface area contributed by atoms with Crippen molar-refractivity contribution in [2.24, 2.45) is 0 Å². The Bertz CT molecular complexity index is 1090. The molecule has 0 aliphatic rings. The van der Waals surface area contributed by atoms with E-state index in [1.807, 2.05) is 72.6 Å². The Morgan fingerprint density at radius 2 is 1.13 bits per heavy atom. The maximum Gasteiger partial charge on any atom is 0.233 e. The van der Waals surface area contributed by atoms with Crippen molar-refractivity contribution in [3.63, 3.8) is 0 Å². The zero-order chi connectivity index (χ0) is 21.8. The number of phenols is 1. The third-order valence-electron chi connectivity index (χ3n) is 4.94. The number of aromatic nitrogens is 3. The largest absolute Gasteiger partial charge is 0.508 e. The second-order valence-electron chi connectivity index (χ2n) is 7.38. The summed E-state index contributed by atoms with van der Waals surface area (Å²) in [6.45, 7) is 0. The van der Waals surface area contributed by atoms with Crippen LogP contribution in [0.15, 0.2) is 72.8 Å². The molecule has 1 heterocycles. The van der Waals surface area contributed by atoms with E-state index in [4.69, 9.17) is 26.4 Å². The van der Waals surface area contributed by atoms with Crippen LogP contribution in [-0.4, -0.2) is 27.1 Å². The number of phenolic OH excluding ortho intramolecular Hbond substituents is 1. The first kappa shape index (κ1) is 20.2. The minimum absolute atomic E-state index is 0.209. The van der Waals surface area contributed by atoms with E-state index in [-0.39, 0.29) is 5.75 Å². The molecule has 0 atom stereocenters. The van der Waals surface area contributed by atoms with Crippen LogP contribution in [0.2, 0.25) is 0 Å². The minimum atomic E-state index is 0.209. The van der Waals surface area contributed by atoms with Crippen molar-refractivity contribution in [1.82, 2.24) is 15.0 Å². The maximum absolute atomic E-state index is 9.59. The molecule has 0 radical (unpaired) electrons. The molecule has 7 heteroatoms. The summed E-state index contributed by atoms with van der Waals surface area (Å²) >= 11 is 0. The molecule has 7 nitrogen and oxygen atoms in total. The fourth-order valence-corrected chi connectivity index (χ4v) is 3.19. The Hall–Kier alpha value is -4.13. The summed E-state index contributed by atoms with van der Waals surface area (Å²) in [7, 11) is 1.89. The number of hydrogen-bond acceptors (Lipinski definition) is 7. The van der Waals surface area contributed by atoms with Gasteiger partial charge in [-0.3, -0.25) is 0 Å². The van der Waals surface area contributed by atoms with Crippen LogP contribution in [0.25, 0.3) is 0 Å². The number of rotatable bonds is 6. The van der Waals surface area contributed by atoms with Gasteiger partial charge >= 0.3 is 0 Å². The molecule has 5 N–H and O–H groups in total. The zero-order valence-corrected chi connectivity index (χ0v) is 17.2. The summed E-state index contributed by atoms with van der Waals surface area (Å²) in [4.78, 5) is 16.0. The van der Waals surface area contributed by atoms with Gasteiger partial charge in [0.25, 0.3) is 0 Å². The quantitative estimate of drug-likeness (QED) is 0.414. The van der Waals surface area contributed by atoms with Crippen molar-refractivity contribution in [3.8, 4) is 5.75 Å². The number of nitrogens with two attached hydrogens (primary N) is 2. The standard InChI is InChI=1S/C24H24N6O/c1-30(20-10-12-21(31)13-11-20)24-28-22(14-16-2-6-18(25)7-3-16)27-23(29-24)15-17-4-8-19(26)9-5-17/h2-13,31H,14-15,25-26H2,1H3. The molecule has 31 heavy (non-hydrogen) atoms. The molecule has 0 saturated carbocycles. The Balaban J connectivity index is 1.69. The average Bonchev–Trinajstić information content (AvgIpc) is 2.77. The van der Waals surface area contributed by atoms with Crippen LogP contribution in [-0.2, 0) is 12.8 Å².